The highest BCUT2D eigenvalue weighted by atomic mass is 16.5. The Morgan fingerprint density at radius 3 is 2.88 bits per heavy atom. The van der Waals surface area contributed by atoms with Crippen LogP contribution in [0, 0.1) is 0 Å². The second-order valence-corrected chi connectivity index (χ2v) is 3.47. The second-order valence-electron chi connectivity index (χ2n) is 3.47. The third-order valence-electron chi connectivity index (χ3n) is 2.32. The normalized spacial score (nSPS) is 10.6. The highest BCUT2D eigenvalue weighted by molar-refractivity contribution is 5.78. The van der Waals surface area contributed by atoms with Crippen molar-refractivity contribution >= 4 is 17.1 Å². The first kappa shape index (κ1) is 11.2. The minimum absolute atomic E-state index is 0.248. The van der Waals surface area contributed by atoms with Crippen LogP contribution in [0.1, 0.15) is 0 Å². The van der Waals surface area contributed by atoms with E-state index in [1.807, 2.05) is 0 Å². The second kappa shape index (κ2) is 4.30. The number of carbonyl (C=O) groups excluding carboxylic acids is 1. The highest BCUT2D eigenvalue weighted by Crippen LogP contribution is 2.18. The van der Waals surface area contributed by atoms with Crippen molar-refractivity contribution < 1.29 is 9.53 Å². The van der Waals surface area contributed by atoms with Crippen molar-refractivity contribution in [3.8, 4) is 5.75 Å². The van der Waals surface area contributed by atoms with Crippen molar-refractivity contribution in [3.63, 3.8) is 0 Å². The number of aromatic amines is 1. The molecule has 0 fully saturated rings. The van der Waals surface area contributed by atoms with E-state index in [2.05, 4.69) is 4.98 Å². The van der Waals surface area contributed by atoms with Crippen molar-refractivity contribution in [1.82, 2.24) is 9.55 Å². The van der Waals surface area contributed by atoms with E-state index in [1.54, 1.807) is 18.2 Å². The number of nitrogens with one attached hydrogen (secondary N) is 1. The standard InChI is InChI=1S/C10H12N4O3/c11-3-4-14-8-5-6(17-9(12)15)1-2-7(8)13-10(14)16/h1-2,5H,3-4,11H2,(H2,12,15)(H,13,16). The molecule has 2 aromatic rings. The molecule has 1 aromatic heterocycles. The Labute approximate surface area is 96.0 Å². The number of aromatic nitrogens is 2. The highest BCUT2D eigenvalue weighted by Gasteiger charge is 2.08. The van der Waals surface area contributed by atoms with Gasteiger partial charge in [0.05, 0.1) is 11.0 Å². The first-order valence-corrected chi connectivity index (χ1v) is 5.01. The minimum Gasteiger partial charge on any atom is -0.410 e. The van der Waals surface area contributed by atoms with Gasteiger partial charge in [0.1, 0.15) is 5.75 Å². The summed E-state index contributed by atoms with van der Waals surface area (Å²) in [6, 6.07) is 4.76. The third kappa shape index (κ3) is 2.13. The molecule has 0 bridgehead atoms. The van der Waals surface area contributed by atoms with Gasteiger partial charge in [-0.25, -0.2) is 9.59 Å². The largest absolute Gasteiger partial charge is 0.410 e. The molecule has 90 valence electrons. The van der Waals surface area contributed by atoms with Crippen molar-refractivity contribution in [3.05, 3.63) is 28.7 Å². The average Bonchev–Trinajstić information content (AvgIpc) is 2.55. The molecule has 7 heteroatoms. The lowest BCUT2D eigenvalue weighted by Gasteiger charge is -2.03. The maximum absolute atomic E-state index is 11.6. The number of carbonyl (C=O) groups is 1. The van der Waals surface area contributed by atoms with Crippen LogP contribution in [0.15, 0.2) is 23.0 Å². The number of imidazole rings is 1. The number of rotatable bonds is 3. The molecule has 0 radical (unpaired) electrons. The predicted molar refractivity (Wildman–Crippen MR) is 61.8 cm³/mol. The lowest BCUT2D eigenvalue weighted by Crippen LogP contribution is -2.21. The molecule has 7 nitrogen and oxygen atoms in total. The fraction of sp³-hybridized carbons (Fsp3) is 0.200. The SMILES string of the molecule is NCCn1c(=O)[nH]c2ccc(OC(N)=O)cc21. The number of fused-ring (bicyclic) bond motifs is 1. The fourth-order valence-electron chi connectivity index (χ4n) is 1.66. The van der Waals surface area contributed by atoms with Gasteiger partial charge in [-0.3, -0.25) is 4.57 Å². The number of hydrogen-bond donors (Lipinski definition) is 3. The third-order valence-corrected chi connectivity index (χ3v) is 2.32. The molecule has 0 spiro atoms. The van der Waals surface area contributed by atoms with Crippen LogP contribution in [0.4, 0.5) is 4.79 Å². The lowest BCUT2D eigenvalue weighted by molar-refractivity contribution is 0.211. The average molecular weight is 236 g/mol. The molecule has 17 heavy (non-hydrogen) atoms. The summed E-state index contributed by atoms with van der Waals surface area (Å²) in [6.07, 6.45) is -0.896. The van der Waals surface area contributed by atoms with Crippen LogP contribution in [-0.4, -0.2) is 22.2 Å². The Bertz CT molecular complexity index is 614. The van der Waals surface area contributed by atoms with Crippen molar-refractivity contribution in [2.45, 2.75) is 6.54 Å². The van der Waals surface area contributed by atoms with Crippen LogP contribution in [0.25, 0.3) is 11.0 Å². The molecule has 2 rings (SSSR count). The topological polar surface area (TPSA) is 116 Å². The molecule has 0 saturated carbocycles. The lowest BCUT2D eigenvalue weighted by atomic mass is 10.3. The first-order valence-electron chi connectivity index (χ1n) is 5.01. The van der Waals surface area contributed by atoms with E-state index in [4.69, 9.17) is 16.2 Å². The smallest absolute Gasteiger partial charge is 0.409 e. The molecule has 1 aromatic carbocycles. The first-order chi connectivity index (χ1) is 8.11. The van der Waals surface area contributed by atoms with E-state index in [0.717, 1.165) is 0 Å². The van der Waals surface area contributed by atoms with Gasteiger partial charge in [0.15, 0.2) is 0 Å². The van der Waals surface area contributed by atoms with Gasteiger partial charge >= 0.3 is 11.8 Å². The van der Waals surface area contributed by atoms with Crippen LogP contribution in [-0.2, 0) is 6.54 Å². The molecule has 1 heterocycles. The van der Waals surface area contributed by atoms with Crippen LogP contribution >= 0.6 is 0 Å². The number of nitrogens with two attached hydrogens (primary N) is 2. The van der Waals surface area contributed by atoms with E-state index in [-0.39, 0.29) is 11.4 Å². The zero-order valence-corrected chi connectivity index (χ0v) is 8.97. The number of ether oxygens (including phenoxy) is 1. The summed E-state index contributed by atoms with van der Waals surface area (Å²) in [6.45, 7) is 0.729. The van der Waals surface area contributed by atoms with Crippen LogP contribution in [0.3, 0.4) is 0 Å². The maximum atomic E-state index is 11.6. The summed E-state index contributed by atoms with van der Waals surface area (Å²) in [5, 5.41) is 0. The summed E-state index contributed by atoms with van der Waals surface area (Å²) in [4.78, 5) is 24.9. The van der Waals surface area contributed by atoms with Gasteiger partial charge in [-0.1, -0.05) is 0 Å². The predicted octanol–water partition coefficient (Wildman–Crippen LogP) is -0.254. The molecule has 0 atom stereocenters. The minimum atomic E-state index is -0.896. The number of amides is 1. The number of hydrogen-bond acceptors (Lipinski definition) is 4. The quantitative estimate of drug-likeness (QED) is 0.681. The molecule has 5 N–H and O–H groups in total. The Kier molecular flexibility index (Phi) is 2.84. The Morgan fingerprint density at radius 2 is 2.24 bits per heavy atom. The summed E-state index contributed by atoms with van der Waals surface area (Å²) < 4.78 is 6.22. The van der Waals surface area contributed by atoms with Crippen LogP contribution in [0.2, 0.25) is 0 Å². The van der Waals surface area contributed by atoms with Gasteiger partial charge in [0.2, 0.25) is 0 Å². The van der Waals surface area contributed by atoms with Gasteiger partial charge in [0.25, 0.3) is 0 Å². The molecule has 0 aliphatic carbocycles. The zero-order chi connectivity index (χ0) is 12.4. The van der Waals surface area contributed by atoms with Crippen LogP contribution < -0.4 is 21.9 Å². The monoisotopic (exact) mass is 236 g/mol. The van der Waals surface area contributed by atoms with E-state index in [9.17, 15) is 9.59 Å². The molecule has 0 saturated heterocycles. The Balaban J connectivity index is 2.54. The number of benzene rings is 1. The molecular weight excluding hydrogens is 224 g/mol. The number of nitrogens with zero attached hydrogens (tertiary/aromatic N) is 1. The number of H-pyrrole nitrogens is 1. The molecule has 0 aliphatic rings. The van der Waals surface area contributed by atoms with Gasteiger partial charge in [-0.2, -0.15) is 0 Å². The summed E-state index contributed by atoms with van der Waals surface area (Å²) in [5.41, 5.74) is 11.4. The van der Waals surface area contributed by atoms with E-state index in [0.29, 0.717) is 24.1 Å². The molecule has 1 amide bonds. The van der Waals surface area contributed by atoms with Crippen molar-refractivity contribution in [2.75, 3.05) is 6.54 Å². The fourth-order valence-corrected chi connectivity index (χ4v) is 1.66. The molecule has 0 aliphatic heterocycles. The Hall–Kier alpha value is -2.28. The van der Waals surface area contributed by atoms with Crippen LogP contribution in [0.5, 0.6) is 5.75 Å². The van der Waals surface area contributed by atoms with Crippen molar-refractivity contribution in [2.24, 2.45) is 11.5 Å². The maximum Gasteiger partial charge on any atom is 0.409 e. The zero-order valence-electron chi connectivity index (χ0n) is 8.97. The summed E-state index contributed by atoms with van der Waals surface area (Å²) in [5.74, 6) is 0.287. The van der Waals surface area contributed by atoms with Gasteiger partial charge in [0, 0.05) is 19.2 Å². The summed E-state index contributed by atoms with van der Waals surface area (Å²) >= 11 is 0. The van der Waals surface area contributed by atoms with E-state index >= 15 is 0 Å². The van der Waals surface area contributed by atoms with Gasteiger partial charge in [-0.15, -0.1) is 0 Å². The van der Waals surface area contributed by atoms with Crippen molar-refractivity contribution in [1.29, 1.82) is 0 Å². The van der Waals surface area contributed by atoms with E-state index in [1.165, 1.54) is 4.57 Å². The molecule has 0 unspecified atom stereocenters. The van der Waals surface area contributed by atoms with Gasteiger partial charge in [-0.05, 0) is 12.1 Å². The summed E-state index contributed by atoms with van der Waals surface area (Å²) in [7, 11) is 0. The Morgan fingerprint density at radius 1 is 1.47 bits per heavy atom. The van der Waals surface area contributed by atoms with E-state index < -0.39 is 6.09 Å². The number of primary amides is 1. The molecular formula is C10H12N4O3. The van der Waals surface area contributed by atoms with Gasteiger partial charge < -0.3 is 21.2 Å².